The molecular weight excluding hydrogens is 363 g/mol. The van der Waals surface area contributed by atoms with Crippen LogP contribution in [0.25, 0.3) is 0 Å². The molecule has 0 fully saturated rings. The number of methoxy groups -OCH3 is 1. The number of carbonyl (C=O) groups excluding carboxylic acids is 2. The molecule has 26 heavy (non-hydrogen) atoms. The van der Waals surface area contributed by atoms with E-state index in [9.17, 15) is 14.0 Å². The van der Waals surface area contributed by atoms with E-state index in [4.69, 9.17) is 16.3 Å². The van der Waals surface area contributed by atoms with Gasteiger partial charge in [-0.3, -0.25) is 0 Å². The van der Waals surface area contributed by atoms with Gasteiger partial charge in [-0.25, -0.2) is 14.0 Å². The third kappa shape index (κ3) is 5.35. The molecule has 0 bridgehead atoms. The third-order valence-corrected chi connectivity index (χ3v) is 3.81. The monoisotopic (exact) mass is 380 g/mol. The molecule has 0 saturated heterocycles. The topological polar surface area (TPSA) is 67.9 Å². The molecule has 0 aliphatic heterocycles. The maximum Gasteiger partial charge on any atom is 0.339 e. The van der Waals surface area contributed by atoms with Crippen LogP contribution < -0.4 is 10.1 Å². The van der Waals surface area contributed by atoms with Gasteiger partial charge in [-0.1, -0.05) is 11.6 Å². The minimum absolute atomic E-state index is 0.161. The fourth-order valence-corrected chi connectivity index (χ4v) is 2.22. The first-order chi connectivity index (χ1) is 12.4. The lowest BCUT2D eigenvalue weighted by Crippen LogP contribution is -2.34. The van der Waals surface area contributed by atoms with Crippen molar-refractivity contribution in [1.82, 2.24) is 4.90 Å². The normalized spacial score (nSPS) is 10.2. The predicted octanol–water partition coefficient (Wildman–Crippen LogP) is 3.81. The summed E-state index contributed by atoms with van der Waals surface area (Å²) in [6, 6.07) is 9.75. The summed E-state index contributed by atoms with van der Waals surface area (Å²) in [7, 11) is 2.85. The molecule has 2 amide bonds. The molecule has 0 aliphatic carbocycles. The number of nitrogens with zero attached hydrogens (tertiary/aromatic N) is 1. The summed E-state index contributed by atoms with van der Waals surface area (Å²) in [5.74, 6) is -0.420. The number of likely N-dealkylation sites (N-methyl/N-ethyl adjacent to an activating group) is 1. The molecule has 8 heteroatoms. The van der Waals surface area contributed by atoms with E-state index in [0.717, 1.165) is 0 Å². The minimum atomic E-state index is -0.591. The van der Waals surface area contributed by atoms with Gasteiger partial charge in [-0.05, 0) is 42.5 Å². The summed E-state index contributed by atoms with van der Waals surface area (Å²) in [5, 5.41) is 2.89. The minimum Gasteiger partial charge on any atom is -0.492 e. The number of urea groups is 1. The fraction of sp³-hybridized carbons (Fsp3) is 0.222. The SMILES string of the molecule is COC(=O)c1cc(NC(=O)N(C)CCOc2ccc(F)cc2)ccc1Cl. The standard InChI is InChI=1S/C18H18ClFN2O4/c1-22(9-10-26-14-6-3-12(20)4-7-14)18(24)21-13-5-8-16(19)15(11-13)17(23)25-2/h3-8,11H,9-10H2,1-2H3,(H,21,24). The Morgan fingerprint density at radius 1 is 1.19 bits per heavy atom. The van der Waals surface area contributed by atoms with E-state index in [1.807, 2.05) is 0 Å². The summed E-state index contributed by atoms with van der Waals surface area (Å²) in [6.45, 7) is 0.546. The molecule has 0 aromatic heterocycles. The van der Waals surface area contributed by atoms with E-state index in [-0.39, 0.29) is 29.0 Å². The van der Waals surface area contributed by atoms with Gasteiger partial charge in [0.15, 0.2) is 0 Å². The number of amides is 2. The Morgan fingerprint density at radius 3 is 2.54 bits per heavy atom. The average molecular weight is 381 g/mol. The van der Waals surface area contributed by atoms with Crippen molar-refractivity contribution in [3.63, 3.8) is 0 Å². The quantitative estimate of drug-likeness (QED) is 0.774. The van der Waals surface area contributed by atoms with Crippen LogP contribution in [-0.2, 0) is 4.74 Å². The summed E-state index contributed by atoms with van der Waals surface area (Å²) in [5.41, 5.74) is 0.570. The van der Waals surface area contributed by atoms with Crippen molar-refractivity contribution in [3.8, 4) is 5.75 Å². The van der Waals surface area contributed by atoms with E-state index in [2.05, 4.69) is 10.1 Å². The van der Waals surface area contributed by atoms with Crippen LogP contribution in [0.1, 0.15) is 10.4 Å². The Morgan fingerprint density at radius 2 is 1.88 bits per heavy atom. The van der Waals surface area contributed by atoms with Crippen molar-refractivity contribution in [2.75, 3.05) is 32.6 Å². The van der Waals surface area contributed by atoms with Gasteiger partial charge in [-0.2, -0.15) is 0 Å². The lowest BCUT2D eigenvalue weighted by molar-refractivity contribution is 0.0601. The lowest BCUT2D eigenvalue weighted by atomic mass is 10.2. The Kier molecular flexibility index (Phi) is 6.80. The number of hydrogen-bond donors (Lipinski definition) is 1. The van der Waals surface area contributed by atoms with E-state index < -0.39 is 5.97 Å². The summed E-state index contributed by atoms with van der Waals surface area (Å²) in [4.78, 5) is 25.2. The zero-order valence-electron chi connectivity index (χ0n) is 14.3. The number of hydrogen-bond acceptors (Lipinski definition) is 4. The Hall–Kier alpha value is -2.80. The van der Waals surface area contributed by atoms with Crippen LogP contribution >= 0.6 is 11.6 Å². The smallest absolute Gasteiger partial charge is 0.339 e. The predicted molar refractivity (Wildman–Crippen MR) is 96.3 cm³/mol. The van der Waals surface area contributed by atoms with Gasteiger partial charge in [0.25, 0.3) is 0 Å². The number of halogens is 2. The molecule has 0 atom stereocenters. The van der Waals surface area contributed by atoms with E-state index in [1.54, 1.807) is 13.1 Å². The van der Waals surface area contributed by atoms with Crippen LogP contribution in [-0.4, -0.2) is 44.2 Å². The molecule has 2 rings (SSSR count). The van der Waals surface area contributed by atoms with E-state index >= 15 is 0 Å². The maximum atomic E-state index is 12.8. The summed E-state index contributed by atoms with van der Waals surface area (Å²) < 4.78 is 22.9. The molecule has 2 aromatic carbocycles. The molecule has 1 N–H and O–H groups in total. The van der Waals surface area contributed by atoms with Crippen LogP contribution in [0, 0.1) is 5.82 Å². The van der Waals surface area contributed by atoms with Crippen molar-refractivity contribution in [1.29, 1.82) is 0 Å². The number of nitrogens with one attached hydrogen (secondary N) is 1. The number of benzene rings is 2. The summed E-state index contributed by atoms with van der Waals surface area (Å²) >= 11 is 5.94. The molecule has 0 spiro atoms. The molecule has 0 heterocycles. The van der Waals surface area contributed by atoms with E-state index in [1.165, 1.54) is 48.4 Å². The zero-order valence-corrected chi connectivity index (χ0v) is 15.0. The number of carbonyl (C=O) groups is 2. The molecule has 138 valence electrons. The van der Waals surface area contributed by atoms with Gasteiger partial charge < -0.3 is 19.7 Å². The highest BCUT2D eigenvalue weighted by molar-refractivity contribution is 6.33. The molecule has 6 nitrogen and oxygen atoms in total. The fourth-order valence-electron chi connectivity index (χ4n) is 2.02. The Balaban J connectivity index is 1.88. The Labute approximate surface area is 155 Å². The van der Waals surface area contributed by atoms with Gasteiger partial charge in [0, 0.05) is 12.7 Å². The second kappa shape index (κ2) is 9.05. The van der Waals surface area contributed by atoms with Crippen molar-refractivity contribution in [2.24, 2.45) is 0 Å². The van der Waals surface area contributed by atoms with Gasteiger partial charge in [0.2, 0.25) is 0 Å². The maximum absolute atomic E-state index is 12.8. The highest BCUT2D eigenvalue weighted by Gasteiger charge is 2.14. The lowest BCUT2D eigenvalue weighted by Gasteiger charge is -2.18. The first kappa shape index (κ1) is 19.5. The number of rotatable bonds is 6. The average Bonchev–Trinajstić information content (AvgIpc) is 2.64. The van der Waals surface area contributed by atoms with Crippen LogP contribution in [0.4, 0.5) is 14.9 Å². The zero-order chi connectivity index (χ0) is 19.1. The van der Waals surface area contributed by atoms with Crippen molar-refractivity contribution < 1.29 is 23.5 Å². The molecule has 0 aliphatic rings. The van der Waals surface area contributed by atoms with Gasteiger partial charge >= 0.3 is 12.0 Å². The number of esters is 1. The molecule has 0 saturated carbocycles. The molecule has 0 radical (unpaired) electrons. The second-order valence-electron chi connectivity index (χ2n) is 5.34. The van der Waals surface area contributed by atoms with Crippen LogP contribution in [0.5, 0.6) is 5.75 Å². The van der Waals surface area contributed by atoms with Gasteiger partial charge in [0.05, 0.1) is 24.2 Å². The van der Waals surface area contributed by atoms with Crippen molar-refractivity contribution in [3.05, 3.63) is 58.9 Å². The highest BCUT2D eigenvalue weighted by atomic mass is 35.5. The first-order valence-corrected chi connectivity index (χ1v) is 8.07. The molecular formula is C18H18ClFN2O4. The van der Waals surface area contributed by atoms with Crippen LogP contribution in [0.15, 0.2) is 42.5 Å². The van der Waals surface area contributed by atoms with Crippen molar-refractivity contribution in [2.45, 2.75) is 0 Å². The number of anilines is 1. The van der Waals surface area contributed by atoms with Crippen LogP contribution in [0.3, 0.4) is 0 Å². The van der Waals surface area contributed by atoms with Crippen molar-refractivity contribution >= 4 is 29.3 Å². The van der Waals surface area contributed by atoms with E-state index in [0.29, 0.717) is 18.0 Å². The summed E-state index contributed by atoms with van der Waals surface area (Å²) in [6.07, 6.45) is 0. The number of ether oxygens (including phenoxy) is 2. The van der Waals surface area contributed by atoms with Gasteiger partial charge in [-0.15, -0.1) is 0 Å². The first-order valence-electron chi connectivity index (χ1n) is 7.69. The largest absolute Gasteiger partial charge is 0.492 e. The highest BCUT2D eigenvalue weighted by Crippen LogP contribution is 2.21. The molecule has 0 unspecified atom stereocenters. The third-order valence-electron chi connectivity index (χ3n) is 3.48. The Bertz CT molecular complexity index is 783. The van der Waals surface area contributed by atoms with Gasteiger partial charge in [0.1, 0.15) is 18.2 Å². The van der Waals surface area contributed by atoms with Crippen LogP contribution in [0.2, 0.25) is 5.02 Å². The molecule has 2 aromatic rings. The second-order valence-corrected chi connectivity index (χ2v) is 5.75.